The van der Waals surface area contributed by atoms with Crippen molar-refractivity contribution in [1.82, 2.24) is 24.7 Å². The molecule has 0 saturated carbocycles. The number of aromatic amines is 1. The average molecular weight is 394 g/mol. The van der Waals surface area contributed by atoms with Gasteiger partial charge in [-0.1, -0.05) is 29.8 Å². The van der Waals surface area contributed by atoms with Crippen LogP contribution in [0.3, 0.4) is 0 Å². The van der Waals surface area contributed by atoms with Crippen LogP contribution in [0.1, 0.15) is 33.9 Å². The number of benzene rings is 1. The van der Waals surface area contributed by atoms with Crippen LogP contribution in [-0.4, -0.2) is 30.9 Å². The molecule has 10 heteroatoms. The maximum Gasteiger partial charge on any atom is 0.453 e. The minimum absolute atomic E-state index is 0.235. The number of nitrogens with one attached hydrogen (secondary N) is 1. The molecule has 0 fully saturated rings. The molecular formula is C17H17F3N6S. The fraction of sp³-hybridized carbons (Fsp3) is 0.294. The molecule has 0 unspecified atom stereocenters. The van der Waals surface area contributed by atoms with Gasteiger partial charge in [-0.3, -0.25) is 4.68 Å². The summed E-state index contributed by atoms with van der Waals surface area (Å²) < 4.78 is 41.1. The molecule has 3 aromatic rings. The molecule has 0 atom stereocenters. The number of alkyl halides is 3. The Labute approximate surface area is 158 Å². The van der Waals surface area contributed by atoms with Gasteiger partial charge < -0.3 is 0 Å². The highest BCUT2D eigenvalue weighted by atomic mass is 32.1. The van der Waals surface area contributed by atoms with Crippen molar-refractivity contribution in [2.45, 2.75) is 33.5 Å². The van der Waals surface area contributed by atoms with Gasteiger partial charge in [0.1, 0.15) is 0 Å². The molecule has 27 heavy (non-hydrogen) atoms. The Morgan fingerprint density at radius 2 is 1.85 bits per heavy atom. The minimum Gasteiger partial charge on any atom is -0.265 e. The number of H-pyrrole nitrogens is 1. The predicted molar refractivity (Wildman–Crippen MR) is 97.4 cm³/mol. The van der Waals surface area contributed by atoms with Crippen LogP contribution < -0.4 is 0 Å². The lowest BCUT2D eigenvalue weighted by Gasteiger charge is -2.06. The number of nitrogens with zero attached hydrogens (tertiary/aromatic N) is 5. The van der Waals surface area contributed by atoms with E-state index in [4.69, 9.17) is 12.2 Å². The van der Waals surface area contributed by atoms with E-state index in [0.29, 0.717) is 22.5 Å². The third-order valence-electron chi connectivity index (χ3n) is 4.10. The zero-order valence-corrected chi connectivity index (χ0v) is 15.7. The maximum atomic E-state index is 13.0. The second-order valence-corrected chi connectivity index (χ2v) is 6.52. The molecule has 0 aliphatic rings. The van der Waals surface area contributed by atoms with Gasteiger partial charge in [0.05, 0.1) is 18.5 Å². The lowest BCUT2D eigenvalue weighted by Crippen LogP contribution is -2.13. The Bertz CT molecular complexity index is 1040. The summed E-state index contributed by atoms with van der Waals surface area (Å²) in [5, 5.41) is 13.7. The molecule has 1 N–H and O–H groups in total. The maximum absolute atomic E-state index is 13.0. The van der Waals surface area contributed by atoms with Gasteiger partial charge in [0.15, 0.2) is 0 Å². The van der Waals surface area contributed by atoms with Gasteiger partial charge in [-0.05, 0) is 38.6 Å². The molecule has 0 aliphatic carbocycles. The van der Waals surface area contributed by atoms with Crippen molar-refractivity contribution in [3.05, 3.63) is 62.9 Å². The van der Waals surface area contributed by atoms with E-state index >= 15 is 0 Å². The summed E-state index contributed by atoms with van der Waals surface area (Å²) in [5.74, 6) is -1.20. The van der Waals surface area contributed by atoms with Crippen LogP contribution in [-0.2, 0) is 12.7 Å². The fourth-order valence-corrected chi connectivity index (χ4v) is 2.79. The zero-order valence-electron chi connectivity index (χ0n) is 14.9. The van der Waals surface area contributed by atoms with E-state index in [-0.39, 0.29) is 4.77 Å². The number of rotatable bonds is 4. The van der Waals surface area contributed by atoms with E-state index in [1.54, 1.807) is 11.6 Å². The van der Waals surface area contributed by atoms with Crippen molar-refractivity contribution >= 4 is 18.4 Å². The first kappa shape index (κ1) is 19.0. The molecule has 0 spiro atoms. The average Bonchev–Trinajstić information content (AvgIpc) is 3.08. The van der Waals surface area contributed by atoms with Crippen LogP contribution in [0.4, 0.5) is 13.2 Å². The molecule has 3 rings (SSSR count). The highest BCUT2D eigenvalue weighted by Crippen LogP contribution is 2.27. The minimum atomic E-state index is -4.66. The molecule has 142 valence electrons. The zero-order chi connectivity index (χ0) is 19.8. The van der Waals surface area contributed by atoms with Crippen molar-refractivity contribution in [2.24, 2.45) is 5.10 Å². The molecule has 0 aliphatic heterocycles. The van der Waals surface area contributed by atoms with E-state index in [2.05, 4.69) is 20.4 Å². The number of hydrogen-bond acceptors (Lipinski definition) is 4. The van der Waals surface area contributed by atoms with Crippen LogP contribution >= 0.6 is 12.2 Å². The Hall–Kier alpha value is -2.75. The van der Waals surface area contributed by atoms with Crippen LogP contribution in [0.2, 0.25) is 0 Å². The lowest BCUT2D eigenvalue weighted by atomic mass is 10.1. The summed E-state index contributed by atoms with van der Waals surface area (Å²) in [7, 11) is 0. The smallest absolute Gasteiger partial charge is 0.265 e. The van der Waals surface area contributed by atoms with Gasteiger partial charge in [-0.15, -0.1) is 5.10 Å². The largest absolute Gasteiger partial charge is 0.453 e. The first-order valence-electron chi connectivity index (χ1n) is 8.05. The quantitative estimate of drug-likeness (QED) is 0.537. The second-order valence-electron chi connectivity index (χ2n) is 6.13. The van der Waals surface area contributed by atoms with Gasteiger partial charge in [0.2, 0.25) is 4.77 Å². The van der Waals surface area contributed by atoms with Gasteiger partial charge >= 0.3 is 6.18 Å². The highest BCUT2D eigenvalue weighted by Gasteiger charge is 2.37. The van der Waals surface area contributed by atoms with Crippen molar-refractivity contribution in [3.63, 3.8) is 0 Å². The summed E-state index contributed by atoms with van der Waals surface area (Å²) in [5.41, 5.74) is 4.33. The molecule has 0 radical (unpaired) electrons. The topological polar surface area (TPSA) is 63.8 Å². The predicted octanol–water partition coefficient (Wildman–Crippen LogP) is 4.01. The van der Waals surface area contributed by atoms with Gasteiger partial charge in [0.25, 0.3) is 5.82 Å². The Balaban J connectivity index is 1.92. The van der Waals surface area contributed by atoms with Gasteiger partial charge in [-0.25, -0.2) is 5.10 Å². The molecule has 0 bridgehead atoms. The molecule has 0 saturated heterocycles. The number of aryl methyl sites for hydroxylation is 2. The van der Waals surface area contributed by atoms with E-state index < -0.39 is 12.0 Å². The Morgan fingerprint density at radius 1 is 1.19 bits per heavy atom. The normalized spacial score (nSPS) is 12.2. The molecule has 1 aromatic carbocycles. The third-order valence-corrected chi connectivity index (χ3v) is 4.36. The number of aromatic nitrogens is 5. The summed E-state index contributed by atoms with van der Waals surface area (Å²) in [6.45, 7) is 6.19. The van der Waals surface area contributed by atoms with Crippen LogP contribution in [0.15, 0.2) is 29.4 Å². The number of halogens is 3. The summed E-state index contributed by atoms with van der Waals surface area (Å²) >= 11 is 4.84. The van der Waals surface area contributed by atoms with Crippen LogP contribution in [0.25, 0.3) is 0 Å². The van der Waals surface area contributed by atoms with E-state index in [0.717, 1.165) is 16.8 Å². The van der Waals surface area contributed by atoms with Crippen LogP contribution in [0, 0.1) is 25.5 Å². The third kappa shape index (κ3) is 4.00. The van der Waals surface area contributed by atoms with E-state index in [9.17, 15) is 13.2 Å². The molecule has 2 heterocycles. The lowest BCUT2D eigenvalue weighted by molar-refractivity contribution is -0.147. The summed E-state index contributed by atoms with van der Waals surface area (Å²) in [6.07, 6.45) is -3.34. The summed E-state index contributed by atoms with van der Waals surface area (Å²) in [6, 6.07) is 8.06. The second kappa shape index (κ2) is 7.10. The van der Waals surface area contributed by atoms with Crippen molar-refractivity contribution < 1.29 is 13.2 Å². The fourth-order valence-electron chi connectivity index (χ4n) is 2.62. The van der Waals surface area contributed by atoms with Gasteiger partial charge in [-0.2, -0.15) is 28.0 Å². The summed E-state index contributed by atoms with van der Waals surface area (Å²) in [4.78, 5) is 0. The highest BCUT2D eigenvalue weighted by molar-refractivity contribution is 7.71. The van der Waals surface area contributed by atoms with Crippen molar-refractivity contribution in [1.29, 1.82) is 0 Å². The Morgan fingerprint density at radius 3 is 2.48 bits per heavy atom. The van der Waals surface area contributed by atoms with E-state index in [1.165, 1.54) is 6.21 Å². The SMILES string of the molecule is Cc1ccc(Cn2nc(C)c(/C=N/n3c(C(F)(F)F)n[nH]c3=S)c2C)cc1. The molecule has 2 aromatic heterocycles. The monoisotopic (exact) mass is 394 g/mol. The first-order valence-corrected chi connectivity index (χ1v) is 8.46. The molecular weight excluding hydrogens is 377 g/mol. The van der Waals surface area contributed by atoms with E-state index in [1.807, 2.05) is 38.1 Å². The van der Waals surface area contributed by atoms with Crippen molar-refractivity contribution in [2.75, 3.05) is 0 Å². The standard InChI is InChI=1S/C17H17F3N6S/c1-10-4-6-13(7-5-10)9-25-12(3)14(11(2)24-25)8-21-26-15(17(18,19)20)22-23-16(26)27/h4-8H,9H2,1-3H3,(H,23,27)/b21-8+. The Kier molecular flexibility index (Phi) is 5.01. The van der Waals surface area contributed by atoms with Crippen molar-refractivity contribution in [3.8, 4) is 0 Å². The first-order chi connectivity index (χ1) is 12.7. The number of hydrogen-bond donors (Lipinski definition) is 1. The molecule has 0 amide bonds. The molecule has 6 nitrogen and oxygen atoms in total. The van der Waals surface area contributed by atoms with Crippen LogP contribution in [0.5, 0.6) is 0 Å². The van der Waals surface area contributed by atoms with Gasteiger partial charge in [0, 0.05) is 11.3 Å².